The molecule has 2 bridgehead atoms. The molecule has 0 radical (unpaired) electrons. The Hall–Kier alpha value is -0.780. The topological polar surface area (TPSA) is 40.5 Å². The van der Waals surface area contributed by atoms with Gasteiger partial charge in [0.2, 0.25) is 5.91 Å². The summed E-state index contributed by atoms with van der Waals surface area (Å²) in [6, 6.07) is 0. The highest BCUT2D eigenvalue weighted by Crippen LogP contribution is 2.78. The zero-order chi connectivity index (χ0) is 13.2. The average Bonchev–Trinajstić information content (AvgIpc) is 2.11. The molecule has 6 heteroatoms. The van der Waals surface area contributed by atoms with Crippen molar-refractivity contribution < 1.29 is 23.1 Å². The fraction of sp³-hybridized carbons (Fsp3) is 0.917. The van der Waals surface area contributed by atoms with Gasteiger partial charge in [0, 0.05) is 13.1 Å². The molecule has 0 aromatic carbocycles. The van der Waals surface area contributed by atoms with Gasteiger partial charge in [-0.1, -0.05) is 0 Å². The fourth-order valence-electron chi connectivity index (χ4n) is 3.72. The Kier molecular flexibility index (Phi) is 2.32. The van der Waals surface area contributed by atoms with Crippen molar-refractivity contribution in [2.45, 2.75) is 44.4 Å². The van der Waals surface area contributed by atoms with E-state index in [0.717, 1.165) is 0 Å². The number of carbonyl (C=O) groups excluding carboxylic acids is 1. The summed E-state index contributed by atoms with van der Waals surface area (Å²) in [6.07, 6.45) is -3.54. The van der Waals surface area contributed by atoms with Gasteiger partial charge in [-0.05, 0) is 32.1 Å². The summed E-state index contributed by atoms with van der Waals surface area (Å²) in [5.74, 6) is -0.125. The molecule has 1 N–H and O–H groups in total. The predicted molar refractivity (Wildman–Crippen MR) is 56.6 cm³/mol. The second-order valence-electron chi connectivity index (χ2n) is 6.11. The number of piperidine rings is 1. The number of likely N-dealkylation sites (tertiary alicyclic amines) is 1. The standard InChI is InChI=1S/C12H16F3NO2/c13-12(14,15)11-5-10(6-11,7-11)9(18)16-3-1-8(17)2-4-16/h8,17H,1-7H2. The van der Waals surface area contributed by atoms with Crippen molar-refractivity contribution in [1.29, 1.82) is 0 Å². The molecule has 4 rings (SSSR count). The third-order valence-electron chi connectivity index (χ3n) is 4.84. The Morgan fingerprint density at radius 2 is 1.67 bits per heavy atom. The van der Waals surface area contributed by atoms with Crippen LogP contribution in [-0.4, -0.2) is 41.3 Å². The van der Waals surface area contributed by atoms with Crippen LogP contribution in [0.1, 0.15) is 32.1 Å². The summed E-state index contributed by atoms with van der Waals surface area (Å²) in [6.45, 7) is 0.946. The van der Waals surface area contributed by atoms with Crippen LogP contribution in [0.25, 0.3) is 0 Å². The van der Waals surface area contributed by atoms with E-state index < -0.39 is 17.0 Å². The van der Waals surface area contributed by atoms with Gasteiger partial charge in [-0.2, -0.15) is 13.2 Å². The lowest BCUT2D eigenvalue weighted by Gasteiger charge is -2.69. The molecule has 1 heterocycles. The summed E-state index contributed by atoms with van der Waals surface area (Å²) >= 11 is 0. The number of carbonyl (C=O) groups is 1. The number of aliphatic hydroxyl groups is 1. The minimum Gasteiger partial charge on any atom is -0.393 e. The van der Waals surface area contributed by atoms with Gasteiger partial charge in [-0.25, -0.2) is 0 Å². The maximum atomic E-state index is 12.7. The molecule has 18 heavy (non-hydrogen) atoms. The molecule has 3 nitrogen and oxygen atoms in total. The lowest BCUT2D eigenvalue weighted by atomic mass is 9.34. The normalized spacial score (nSPS) is 40.1. The van der Waals surface area contributed by atoms with Crippen molar-refractivity contribution in [1.82, 2.24) is 4.90 Å². The van der Waals surface area contributed by atoms with Crippen molar-refractivity contribution in [3.8, 4) is 0 Å². The van der Waals surface area contributed by atoms with Gasteiger partial charge in [0.25, 0.3) is 0 Å². The van der Waals surface area contributed by atoms with E-state index in [-0.39, 0.29) is 31.3 Å². The van der Waals surface area contributed by atoms with E-state index in [1.807, 2.05) is 0 Å². The average molecular weight is 263 g/mol. The fourth-order valence-corrected chi connectivity index (χ4v) is 3.72. The molecule has 4 fully saturated rings. The van der Waals surface area contributed by atoms with Crippen LogP contribution >= 0.6 is 0 Å². The van der Waals surface area contributed by atoms with Crippen LogP contribution in [-0.2, 0) is 4.79 Å². The predicted octanol–water partition coefficient (Wildman–Crippen LogP) is 1.70. The summed E-state index contributed by atoms with van der Waals surface area (Å²) in [5, 5.41) is 9.35. The number of rotatable bonds is 1. The largest absolute Gasteiger partial charge is 0.394 e. The number of halogens is 3. The minimum atomic E-state index is -4.16. The SMILES string of the molecule is O=C(N1CCC(O)CC1)C12CC(C(F)(F)F)(C1)C2. The molecule has 1 aliphatic heterocycles. The first-order chi connectivity index (χ1) is 8.28. The van der Waals surface area contributed by atoms with Crippen LogP contribution in [0.3, 0.4) is 0 Å². The molecule has 0 aromatic heterocycles. The molecule has 0 atom stereocenters. The van der Waals surface area contributed by atoms with Crippen molar-refractivity contribution in [3.05, 3.63) is 0 Å². The first kappa shape index (κ1) is 12.3. The van der Waals surface area contributed by atoms with E-state index in [0.29, 0.717) is 25.9 Å². The highest BCUT2D eigenvalue weighted by Gasteiger charge is 2.81. The molecule has 1 amide bonds. The van der Waals surface area contributed by atoms with Gasteiger partial charge in [-0.15, -0.1) is 0 Å². The van der Waals surface area contributed by atoms with E-state index in [2.05, 4.69) is 0 Å². The van der Waals surface area contributed by atoms with E-state index >= 15 is 0 Å². The van der Waals surface area contributed by atoms with Gasteiger partial charge in [0.05, 0.1) is 16.9 Å². The third kappa shape index (κ3) is 1.44. The van der Waals surface area contributed by atoms with Crippen LogP contribution in [0.5, 0.6) is 0 Å². The molecular weight excluding hydrogens is 247 g/mol. The maximum absolute atomic E-state index is 12.7. The lowest BCUT2D eigenvalue weighted by Crippen LogP contribution is -2.73. The Morgan fingerprint density at radius 3 is 2.11 bits per heavy atom. The van der Waals surface area contributed by atoms with Crippen molar-refractivity contribution in [2.24, 2.45) is 10.8 Å². The molecular formula is C12H16F3NO2. The smallest absolute Gasteiger partial charge is 0.393 e. The number of nitrogens with zero attached hydrogens (tertiary/aromatic N) is 1. The second kappa shape index (κ2) is 3.40. The molecule has 0 unspecified atom stereocenters. The van der Waals surface area contributed by atoms with Gasteiger partial charge < -0.3 is 10.0 Å². The maximum Gasteiger partial charge on any atom is 0.394 e. The van der Waals surface area contributed by atoms with Gasteiger partial charge in [-0.3, -0.25) is 4.79 Å². The molecule has 1 saturated heterocycles. The van der Waals surface area contributed by atoms with E-state index in [1.54, 1.807) is 4.90 Å². The number of hydrogen-bond acceptors (Lipinski definition) is 2. The van der Waals surface area contributed by atoms with E-state index in [1.165, 1.54) is 0 Å². The van der Waals surface area contributed by atoms with Crippen LogP contribution in [0, 0.1) is 10.8 Å². The summed E-state index contributed by atoms with van der Waals surface area (Å²) < 4.78 is 38.1. The molecule has 3 aliphatic carbocycles. The Balaban J connectivity index is 1.61. The van der Waals surface area contributed by atoms with Crippen molar-refractivity contribution >= 4 is 5.91 Å². The van der Waals surface area contributed by atoms with E-state index in [9.17, 15) is 23.1 Å². The highest BCUT2D eigenvalue weighted by atomic mass is 19.4. The number of amides is 1. The zero-order valence-corrected chi connectivity index (χ0v) is 9.96. The van der Waals surface area contributed by atoms with E-state index in [4.69, 9.17) is 0 Å². The summed E-state index contributed by atoms with van der Waals surface area (Å²) in [5.41, 5.74) is -2.28. The monoisotopic (exact) mass is 263 g/mol. The number of hydrogen-bond donors (Lipinski definition) is 1. The Labute approximate surface area is 103 Å². The molecule has 0 aromatic rings. The summed E-state index contributed by atoms with van der Waals surface area (Å²) in [7, 11) is 0. The first-order valence-electron chi connectivity index (χ1n) is 6.32. The van der Waals surface area contributed by atoms with Crippen LogP contribution in [0.2, 0.25) is 0 Å². The molecule has 3 saturated carbocycles. The highest BCUT2D eigenvalue weighted by molar-refractivity contribution is 5.86. The third-order valence-corrected chi connectivity index (χ3v) is 4.84. The minimum absolute atomic E-state index is 0.0264. The molecule has 102 valence electrons. The van der Waals surface area contributed by atoms with Gasteiger partial charge >= 0.3 is 6.18 Å². The van der Waals surface area contributed by atoms with Crippen LogP contribution in [0.15, 0.2) is 0 Å². The molecule has 0 spiro atoms. The quantitative estimate of drug-likeness (QED) is 0.782. The van der Waals surface area contributed by atoms with Crippen LogP contribution in [0.4, 0.5) is 13.2 Å². The number of alkyl halides is 3. The van der Waals surface area contributed by atoms with Gasteiger partial charge in [0.15, 0.2) is 0 Å². The van der Waals surface area contributed by atoms with Crippen molar-refractivity contribution in [2.75, 3.05) is 13.1 Å². The zero-order valence-electron chi connectivity index (χ0n) is 9.96. The Morgan fingerprint density at radius 1 is 1.17 bits per heavy atom. The lowest BCUT2D eigenvalue weighted by molar-refractivity contribution is -0.353. The number of aliphatic hydroxyl groups excluding tert-OH is 1. The second-order valence-corrected chi connectivity index (χ2v) is 6.11. The molecule has 4 aliphatic rings. The summed E-state index contributed by atoms with van der Waals surface area (Å²) in [4.78, 5) is 13.8. The first-order valence-corrected chi connectivity index (χ1v) is 6.32. The van der Waals surface area contributed by atoms with Crippen molar-refractivity contribution in [3.63, 3.8) is 0 Å². The Bertz CT molecular complexity index is 365. The van der Waals surface area contributed by atoms with Gasteiger partial charge in [0.1, 0.15) is 0 Å². The van der Waals surface area contributed by atoms with Crippen LogP contribution < -0.4 is 0 Å².